The summed E-state index contributed by atoms with van der Waals surface area (Å²) in [7, 11) is 0. The predicted octanol–water partition coefficient (Wildman–Crippen LogP) is 2.34. The van der Waals surface area contributed by atoms with E-state index in [1.807, 2.05) is 6.07 Å². The van der Waals surface area contributed by atoms with Gasteiger partial charge in [0.05, 0.1) is 11.3 Å². The molecule has 0 unspecified atom stereocenters. The van der Waals surface area contributed by atoms with E-state index in [-0.39, 0.29) is 11.4 Å². The van der Waals surface area contributed by atoms with Crippen molar-refractivity contribution >= 4 is 27.8 Å². The fraction of sp³-hybridized carbons (Fsp3) is 0.100. The molecule has 0 radical (unpaired) electrons. The van der Waals surface area contributed by atoms with Crippen molar-refractivity contribution in [1.82, 2.24) is 4.98 Å². The van der Waals surface area contributed by atoms with Gasteiger partial charge in [0.2, 0.25) is 0 Å². The highest BCUT2D eigenvalue weighted by atomic mass is 79.9. The summed E-state index contributed by atoms with van der Waals surface area (Å²) in [6.45, 7) is 1.35. The van der Waals surface area contributed by atoms with Crippen molar-refractivity contribution < 1.29 is 4.79 Å². The number of carbonyl (C=O) groups excluding carboxylic acids is 1. The fourth-order valence-electron chi connectivity index (χ4n) is 0.865. The Labute approximate surface area is 90.2 Å². The number of pyridine rings is 1. The summed E-state index contributed by atoms with van der Waals surface area (Å²) in [5, 5.41) is 8.65. The number of nitriles is 1. The van der Waals surface area contributed by atoms with Crippen LogP contribution in [0.25, 0.3) is 6.08 Å². The van der Waals surface area contributed by atoms with Gasteiger partial charge in [-0.3, -0.25) is 4.79 Å². The Bertz CT molecular complexity index is 432. The first kappa shape index (κ1) is 10.6. The summed E-state index contributed by atoms with van der Waals surface area (Å²) in [6, 6.07) is 7.12. The lowest BCUT2D eigenvalue weighted by Gasteiger charge is -1.94. The number of halogens is 1. The third-order valence-corrected chi connectivity index (χ3v) is 1.97. The molecule has 0 amide bonds. The molecule has 0 aliphatic carbocycles. The average molecular weight is 251 g/mol. The molecule has 0 aromatic carbocycles. The van der Waals surface area contributed by atoms with Gasteiger partial charge in [0.1, 0.15) is 10.7 Å². The van der Waals surface area contributed by atoms with Gasteiger partial charge < -0.3 is 0 Å². The normalized spacial score (nSPS) is 10.8. The number of allylic oxidation sites excluding steroid dienone is 1. The maximum absolute atomic E-state index is 10.9. The first-order valence-electron chi connectivity index (χ1n) is 3.89. The Morgan fingerprint density at radius 3 is 2.86 bits per heavy atom. The van der Waals surface area contributed by atoms with Crippen molar-refractivity contribution in [2.45, 2.75) is 6.92 Å². The van der Waals surface area contributed by atoms with Gasteiger partial charge in [-0.25, -0.2) is 4.98 Å². The molecule has 1 aromatic heterocycles. The lowest BCUT2D eigenvalue weighted by Crippen LogP contribution is -1.93. The number of rotatable bonds is 2. The summed E-state index contributed by atoms with van der Waals surface area (Å²) < 4.78 is 0.673. The topological polar surface area (TPSA) is 53.8 Å². The van der Waals surface area contributed by atoms with Crippen LogP contribution in [-0.2, 0) is 4.79 Å². The highest BCUT2D eigenvalue weighted by molar-refractivity contribution is 9.10. The molecular weight excluding hydrogens is 244 g/mol. The number of Topliss-reactive ketones (excluding diaryl/α,β-unsaturated/α-hetero) is 1. The van der Waals surface area contributed by atoms with Gasteiger partial charge in [-0.2, -0.15) is 5.26 Å². The van der Waals surface area contributed by atoms with Crippen LogP contribution < -0.4 is 0 Å². The van der Waals surface area contributed by atoms with Gasteiger partial charge in [-0.1, -0.05) is 6.07 Å². The van der Waals surface area contributed by atoms with Crippen LogP contribution >= 0.6 is 15.9 Å². The van der Waals surface area contributed by atoms with E-state index in [9.17, 15) is 4.79 Å². The molecule has 0 aliphatic heterocycles. The minimum absolute atomic E-state index is 0.107. The lowest BCUT2D eigenvalue weighted by atomic mass is 10.1. The zero-order valence-corrected chi connectivity index (χ0v) is 9.08. The number of hydrogen-bond donors (Lipinski definition) is 0. The smallest absolute Gasteiger partial charge is 0.170 e. The molecule has 1 heterocycles. The van der Waals surface area contributed by atoms with Gasteiger partial charge in [-0.15, -0.1) is 0 Å². The van der Waals surface area contributed by atoms with E-state index < -0.39 is 0 Å². The average Bonchev–Trinajstić information content (AvgIpc) is 2.14. The van der Waals surface area contributed by atoms with E-state index in [0.717, 1.165) is 0 Å². The Morgan fingerprint density at radius 1 is 1.64 bits per heavy atom. The number of carbonyl (C=O) groups is 1. The van der Waals surface area contributed by atoms with Crippen molar-refractivity contribution in [3.05, 3.63) is 34.1 Å². The van der Waals surface area contributed by atoms with Gasteiger partial charge in [0.15, 0.2) is 5.78 Å². The molecule has 0 spiro atoms. The monoisotopic (exact) mass is 250 g/mol. The number of ketones is 1. The number of hydrogen-bond acceptors (Lipinski definition) is 3. The summed E-state index contributed by atoms with van der Waals surface area (Å²) >= 11 is 3.20. The Kier molecular flexibility index (Phi) is 3.55. The van der Waals surface area contributed by atoms with Crippen molar-refractivity contribution in [1.29, 1.82) is 5.26 Å². The van der Waals surface area contributed by atoms with Gasteiger partial charge >= 0.3 is 0 Å². The molecule has 1 aromatic rings. The minimum Gasteiger partial charge on any atom is -0.294 e. The molecule has 0 fully saturated rings. The summed E-state index contributed by atoms with van der Waals surface area (Å²) in [5.41, 5.74) is 0.696. The maximum Gasteiger partial charge on any atom is 0.170 e. The first-order valence-corrected chi connectivity index (χ1v) is 4.68. The standard InChI is InChI=1S/C10H7BrN2O/c1-7(14)8(6-12)5-9-3-2-4-10(11)13-9/h2-5H,1H3/b8-5+. The van der Waals surface area contributed by atoms with Crippen molar-refractivity contribution in [3.8, 4) is 6.07 Å². The van der Waals surface area contributed by atoms with Crippen LogP contribution in [0.2, 0.25) is 0 Å². The second-order valence-electron chi connectivity index (χ2n) is 2.61. The maximum atomic E-state index is 10.9. The molecule has 1 rings (SSSR count). The first-order chi connectivity index (χ1) is 6.63. The zero-order chi connectivity index (χ0) is 10.6. The molecule has 0 saturated carbocycles. The quantitative estimate of drug-likeness (QED) is 0.460. The molecule has 4 heteroatoms. The SMILES string of the molecule is CC(=O)/C(C#N)=C/c1cccc(Br)n1. The lowest BCUT2D eigenvalue weighted by molar-refractivity contribution is -0.113. The minimum atomic E-state index is -0.255. The van der Waals surface area contributed by atoms with Crippen LogP contribution in [0.1, 0.15) is 12.6 Å². The van der Waals surface area contributed by atoms with Crippen LogP contribution in [0.3, 0.4) is 0 Å². The highest BCUT2D eigenvalue weighted by Crippen LogP contribution is 2.09. The molecule has 0 N–H and O–H groups in total. The van der Waals surface area contributed by atoms with Gasteiger partial charge in [0, 0.05) is 0 Å². The van der Waals surface area contributed by atoms with Crippen LogP contribution in [0.5, 0.6) is 0 Å². The van der Waals surface area contributed by atoms with E-state index in [0.29, 0.717) is 10.3 Å². The summed E-state index contributed by atoms with van der Waals surface area (Å²) in [6.07, 6.45) is 1.47. The summed E-state index contributed by atoms with van der Waals surface area (Å²) in [4.78, 5) is 15.0. The van der Waals surface area contributed by atoms with Crippen molar-refractivity contribution in [2.24, 2.45) is 0 Å². The van der Waals surface area contributed by atoms with Gasteiger partial charge in [0.25, 0.3) is 0 Å². The van der Waals surface area contributed by atoms with Crippen LogP contribution in [0.15, 0.2) is 28.4 Å². The molecule has 0 saturated heterocycles. The number of aromatic nitrogens is 1. The molecule has 14 heavy (non-hydrogen) atoms. The third-order valence-electron chi connectivity index (χ3n) is 1.53. The molecule has 0 bridgehead atoms. The second-order valence-corrected chi connectivity index (χ2v) is 3.42. The number of nitrogens with zero attached hydrogens (tertiary/aromatic N) is 2. The van der Waals surface area contributed by atoms with Crippen LogP contribution in [0.4, 0.5) is 0 Å². The van der Waals surface area contributed by atoms with E-state index in [1.54, 1.807) is 18.2 Å². The molecule has 70 valence electrons. The highest BCUT2D eigenvalue weighted by Gasteiger charge is 2.02. The van der Waals surface area contributed by atoms with Crippen molar-refractivity contribution in [2.75, 3.05) is 0 Å². The van der Waals surface area contributed by atoms with Crippen molar-refractivity contribution in [3.63, 3.8) is 0 Å². The fourth-order valence-corrected chi connectivity index (χ4v) is 1.22. The molecule has 3 nitrogen and oxygen atoms in total. The molecule has 0 atom stereocenters. The molecule has 0 aliphatic rings. The van der Waals surface area contributed by atoms with E-state index in [1.165, 1.54) is 13.0 Å². The largest absolute Gasteiger partial charge is 0.294 e. The molecular formula is C10H7BrN2O. The predicted molar refractivity (Wildman–Crippen MR) is 56.2 cm³/mol. The Hall–Kier alpha value is -1.47. The van der Waals surface area contributed by atoms with Crippen LogP contribution in [0, 0.1) is 11.3 Å². The van der Waals surface area contributed by atoms with E-state index in [4.69, 9.17) is 5.26 Å². The Morgan fingerprint density at radius 2 is 2.36 bits per heavy atom. The zero-order valence-electron chi connectivity index (χ0n) is 7.49. The van der Waals surface area contributed by atoms with Gasteiger partial charge in [-0.05, 0) is 41.1 Å². The van der Waals surface area contributed by atoms with E-state index in [2.05, 4.69) is 20.9 Å². The Balaban J connectivity index is 3.08. The van der Waals surface area contributed by atoms with Crippen LogP contribution in [-0.4, -0.2) is 10.8 Å². The van der Waals surface area contributed by atoms with E-state index >= 15 is 0 Å². The second kappa shape index (κ2) is 4.68. The third kappa shape index (κ3) is 2.79. The summed E-state index contributed by atoms with van der Waals surface area (Å²) in [5.74, 6) is -0.255.